The molecule has 1 unspecified atom stereocenters. The van der Waals surface area contributed by atoms with Gasteiger partial charge in [-0.3, -0.25) is 4.79 Å². The van der Waals surface area contributed by atoms with E-state index in [1.807, 2.05) is 0 Å². The standard InChI is InChI=1S/C18H23N3O.C4H4O4/c1-10(2)21-9-12-7-15-14(6-11(8-20-15)18(19)22)13-4-3-5-16(21)17(12)13;5-3(6)1-2-4(7)8/h3-5,9-11,14-15,20H,6-8H2,1-2H3,(H2,19,22);1-2H,(H,5,6)(H,7,8)/b;2-1-/t11?,14-,15-;/m1./s1. The summed E-state index contributed by atoms with van der Waals surface area (Å²) in [5.41, 5.74) is 9.69. The average molecular weight is 413 g/mol. The van der Waals surface area contributed by atoms with Gasteiger partial charge in [0.15, 0.2) is 0 Å². The van der Waals surface area contributed by atoms with Crippen molar-refractivity contribution in [1.29, 1.82) is 0 Å². The van der Waals surface area contributed by atoms with Crippen LogP contribution < -0.4 is 11.1 Å². The number of aliphatic carboxylic acids is 2. The molecule has 0 bridgehead atoms. The molecule has 160 valence electrons. The van der Waals surface area contributed by atoms with Crippen molar-refractivity contribution in [2.75, 3.05) is 6.54 Å². The third-order valence-corrected chi connectivity index (χ3v) is 5.79. The molecule has 5 N–H and O–H groups in total. The Morgan fingerprint density at radius 1 is 1.20 bits per heavy atom. The van der Waals surface area contributed by atoms with Gasteiger partial charge in [0.25, 0.3) is 0 Å². The first-order valence-corrected chi connectivity index (χ1v) is 9.98. The summed E-state index contributed by atoms with van der Waals surface area (Å²) in [5, 5.41) is 20.6. The number of carbonyl (C=O) groups excluding carboxylic acids is 1. The van der Waals surface area contributed by atoms with Gasteiger partial charge in [-0.05, 0) is 43.9 Å². The van der Waals surface area contributed by atoms with Crippen LogP contribution in [0.2, 0.25) is 0 Å². The van der Waals surface area contributed by atoms with Crippen molar-refractivity contribution < 1.29 is 24.6 Å². The van der Waals surface area contributed by atoms with E-state index in [1.54, 1.807) is 0 Å². The molecule has 1 saturated heterocycles. The van der Waals surface area contributed by atoms with Gasteiger partial charge in [-0.1, -0.05) is 12.1 Å². The van der Waals surface area contributed by atoms with E-state index in [0.29, 0.717) is 36.7 Å². The highest BCUT2D eigenvalue weighted by atomic mass is 16.4. The van der Waals surface area contributed by atoms with Crippen molar-refractivity contribution in [3.8, 4) is 0 Å². The van der Waals surface area contributed by atoms with Gasteiger partial charge < -0.3 is 25.8 Å². The molecule has 1 aliphatic carbocycles. The van der Waals surface area contributed by atoms with E-state index in [2.05, 4.69) is 48.1 Å². The van der Waals surface area contributed by atoms with Crippen molar-refractivity contribution in [2.24, 2.45) is 11.7 Å². The van der Waals surface area contributed by atoms with Gasteiger partial charge in [0.1, 0.15) is 0 Å². The predicted molar refractivity (Wildman–Crippen MR) is 112 cm³/mol. The molecule has 2 aromatic rings. The number of rotatable bonds is 4. The van der Waals surface area contributed by atoms with Gasteiger partial charge >= 0.3 is 11.9 Å². The number of nitrogens with zero attached hydrogens (tertiary/aromatic N) is 1. The highest BCUT2D eigenvalue weighted by Gasteiger charge is 2.38. The minimum atomic E-state index is -1.26. The van der Waals surface area contributed by atoms with Crippen LogP contribution in [0.5, 0.6) is 0 Å². The topological polar surface area (TPSA) is 135 Å². The van der Waals surface area contributed by atoms with Crippen LogP contribution in [0.1, 0.15) is 43.4 Å². The molecule has 0 spiro atoms. The van der Waals surface area contributed by atoms with E-state index in [4.69, 9.17) is 15.9 Å². The van der Waals surface area contributed by atoms with Gasteiger partial charge in [0.2, 0.25) is 5.91 Å². The van der Waals surface area contributed by atoms with Crippen LogP contribution in [-0.4, -0.2) is 45.2 Å². The Morgan fingerprint density at radius 3 is 2.43 bits per heavy atom. The maximum atomic E-state index is 11.6. The second-order valence-corrected chi connectivity index (χ2v) is 8.07. The molecule has 3 atom stereocenters. The van der Waals surface area contributed by atoms with Crippen molar-refractivity contribution in [3.05, 3.63) is 47.7 Å². The van der Waals surface area contributed by atoms with E-state index in [9.17, 15) is 14.4 Å². The molecular weight excluding hydrogens is 386 g/mol. The number of fused-ring (bicyclic) bond motifs is 2. The summed E-state index contributed by atoms with van der Waals surface area (Å²) in [4.78, 5) is 30.7. The second kappa shape index (κ2) is 8.71. The fourth-order valence-corrected chi connectivity index (χ4v) is 4.46. The molecule has 4 rings (SSSR count). The van der Waals surface area contributed by atoms with Crippen molar-refractivity contribution in [1.82, 2.24) is 9.88 Å². The van der Waals surface area contributed by atoms with Gasteiger partial charge in [-0.15, -0.1) is 0 Å². The molecule has 2 aliphatic rings. The second-order valence-electron chi connectivity index (χ2n) is 8.07. The van der Waals surface area contributed by atoms with Gasteiger partial charge in [-0.25, -0.2) is 9.59 Å². The zero-order valence-electron chi connectivity index (χ0n) is 17.0. The number of carboxylic acids is 2. The number of hydrogen-bond acceptors (Lipinski definition) is 4. The van der Waals surface area contributed by atoms with Crippen LogP contribution in [0.4, 0.5) is 0 Å². The molecule has 0 saturated carbocycles. The lowest BCUT2D eigenvalue weighted by molar-refractivity contribution is -0.134. The van der Waals surface area contributed by atoms with E-state index in [1.165, 1.54) is 22.0 Å². The molecule has 1 aromatic heterocycles. The summed E-state index contributed by atoms with van der Waals surface area (Å²) in [7, 11) is 0. The number of amides is 1. The summed E-state index contributed by atoms with van der Waals surface area (Å²) in [6, 6.07) is 7.48. The number of piperidine rings is 1. The molecule has 1 amide bonds. The first-order valence-electron chi connectivity index (χ1n) is 9.98. The zero-order chi connectivity index (χ0) is 22.0. The minimum absolute atomic E-state index is 0.0507. The molecule has 8 heteroatoms. The fourth-order valence-electron chi connectivity index (χ4n) is 4.46. The quantitative estimate of drug-likeness (QED) is 0.567. The summed E-state index contributed by atoms with van der Waals surface area (Å²) in [5.74, 6) is -2.35. The summed E-state index contributed by atoms with van der Waals surface area (Å²) in [6.45, 7) is 5.16. The minimum Gasteiger partial charge on any atom is -0.478 e. The SMILES string of the molecule is CC(C)n1cc2c3c(cccc31)[C@H]1CC(C(N)=O)CN[C@@H]1C2.O=C(O)/C=C\C(=O)O. The third-order valence-electron chi connectivity index (χ3n) is 5.79. The lowest BCUT2D eigenvalue weighted by Gasteiger charge is -2.39. The van der Waals surface area contributed by atoms with Crippen LogP contribution in [-0.2, 0) is 20.8 Å². The third kappa shape index (κ3) is 4.38. The number of nitrogens with two attached hydrogens (primary N) is 1. The maximum absolute atomic E-state index is 11.6. The van der Waals surface area contributed by atoms with Gasteiger partial charge in [0.05, 0.1) is 5.92 Å². The highest BCUT2D eigenvalue weighted by Crippen LogP contribution is 2.43. The Bertz CT molecular complexity index is 992. The number of benzene rings is 1. The fraction of sp³-hybridized carbons (Fsp3) is 0.409. The van der Waals surface area contributed by atoms with Crippen LogP contribution >= 0.6 is 0 Å². The maximum Gasteiger partial charge on any atom is 0.328 e. The Labute approximate surface area is 174 Å². The van der Waals surface area contributed by atoms with Crippen molar-refractivity contribution in [3.63, 3.8) is 0 Å². The monoisotopic (exact) mass is 413 g/mol. The van der Waals surface area contributed by atoms with Crippen LogP contribution in [0, 0.1) is 5.92 Å². The molecule has 2 heterocycles. The van der Waals surface area contributed by atoms with Gasteiger partial charge in [0, 0.05) is 53.8 Å². The molecule has 1 fully saturated rings. The first-order chi connectivity index (χ1) is 14.2. The predicted octanol–water partition coefficient (Wildman–Crippen LogP) is 2.04. The number of hydrogen-bond donors (Lipinski definition) is 4. The Hall–Kier alpha value is -3.13. The number of nitrogens with one attached hydrogen (secondary N) is 1. The van der Waals surface area contributed by atoms with Crippen LogP contribution in [0.25, 0.3) is 10.9 Å². The Kier molecular flexibility index (Phi) is 6.26. The number of primary amides is 1. The van der Waals surface area contributed by atoms with E-state index < -0.39 is 11.9 Å². The van der Waals surface area contributed by atoms with Crippen molar-refractivity contribution in [2.45, 2.75) is 44.7 Å². The summed E-state index contributed by atoms with van der Waals surface area (Å²) in [6.07, 6.45) is 5.35. The van der Waals surface area contributed by atoms with Crippen molar-refractivity contribution >= 4 is 28.7 Å². The summed E-state index contributed by atoms with van der Waals surface area (Å²) < 4.78 is 2.37. The Morgan fingerprint density at radius 2 is 1.87 bits per heavy atom. The molecule has 1 aromatic carbocycles. The highest BCUT2D eigenvalue weighted by molar-refractivity contribution is 5.90. The normalized spacial score (nSPS) is 22.4. The van der Waals surface area contributed by atoms with E-state index in [0.717, 1.165) is 12.8 Å². The van der Waals surface area contributed by atoms with E-state index in [-0.39, 0.29) is 11.8 Å². The molecule has 30 heavy (non-hydrogen) atoms. The Balaban J connectivity index is 0.000000275. The zero-order valence-corrected chi connectivity index (χ0v) is 17.0. The largest absolute Gasteiger partial charge is 0.478 e. The van der Waals surface area contributed by atoms with Gasteiger partial charge in [-0.2, -0.15) is 0 Å². The molecule has 1 aliphatic heterocycles. The summed E-state index contributed by atoms with van der Waals surface area (Å²) >= 11 is 0. The number of aromatic nitrogens is 1. The lowest BCUT2D eigenvalue weighted by atomic mass is 9.73. The first kappa shape index (κ1) is 21.6. The molecular formula is C22H27N3O5. The van der Waals surface area contributed by atoms with Crippen LogP contribution in [0.3, 0.4) is 0 Å². The lowest BCUT2D eigenvalue weighted by Crippen LogP contribution is -2.49. The molecule has 0 radical (unpaired) electrons. The molecule has 8 nitrogen and oxygen atoms in total. The van der Waals surface area contributed by atoms with Crippen LogP contribution in [0.15, 0.2) is 36.5 Å². The number of carboxylic acid groups (broad SMARTS) is 2. The van der Waals surface area contributed by atoms with E-state index >= 15 is 0 Å². The number of carbonyl (C=O) groups is 3. The smallest absolute Gasteiger partial charge is 0.328 e. The average Bonchev–Trinajstić information content (AvgIpc) is 3.07.